The second-order valence-electron chi connectivity index (χ2n) is 2.68. The number of benzene rings is 1. The highest BCUT2D eigenvalue weighted by Crippen LogP contribution is 2.15. The molecule has 0 saturated heterocycles. The number of hydrogen-bond acceptors (Lipinski definition) is 2. The number of halogens is 3. The van der Waals surface area contributed by atoms with Gasteiger partial charge >= 0.3 is 0 Å². The first-order valence-electron chi connectivity index (χ1n) is 3.81. The number of rotatable bonds is 1. The summed E-state index contributed by atoms with van der Waals surface area (Å²) < 4.78 is 14.9. The third-order valence-electron chi connectivity index (χ3n) is 1.75. The molecule has 0 aliphatic carbocycles. The second kappa shape index (κ2) is 5.58. The fourth-order valence-corrected chi connectivity index (χ4v) is 1.13. The Kier molecular flexibility index (Phi) is 5.11. The summed E-state index contributed by atoms with van der Waals surface area (Å²) in [4.78, 5) is 3.83. The van der Waals surface area contributed by atoms with Crippen LogP contribution in [0.25, 0.3) is 5.69 Å². The summed E-state index contributed by atoms with van der Waals surface area (Å²) in [6.07, 6.45) is 4.80. The lowest BCUT2D eigenvalue weighted by Crippen LogP contribution is -1.96. The lowest BCUT2D eigenvalue weighted by molar-refractivity contribution is 0.619. The molecule has 1 heterocycles. The van der Waals surface area contributed by atoms with Gasteiger partial charge in [0.05, 0.1) is 12.0 Å². The molecule has 82 valence electrons. The van der Waals surface area contributed by atoms with Crippen LogP contribution in [0.4, 0.5) is 10.1 Å². The second-order valence-corrected chi connectivity index (χ2v) is 2.68. The Balaban J connectivity index is 0.000000980. The van der Waals surface area contributed by atoms with E-state index in [1.165, 1.54) is 12.4 Å². The molecule has 0 fully saturated rings. The topological polar surface area (TPSA) is 43.8 Å². The van der Waals surface area contributed by atoms with E-state index in [0.717, 1.165) is 0 Å². The number of aromatic nitrogens is 2. The molecule has 1 aromatic carbocycles. The first-order valence-corrected chi connectivity index (χ1v) is 3.81. The zero-order chi connectivity index (χ0) is 9.26. The van der Waals surface area contributed by atoms with Crippen LogP contribution in [0.2, 0.25) is 0 Å². The maximum Gasteiger partial charge on any atom is 0.149 e. The maximum atomic E-state index is 13.3. The fraction of sp³-hybridized carbons (Fsp3) is 0. The van der Waals surface area contributed by atoms with E-state index in [0.29, 0.717) is 11.4 Å². The number of anilines is 1. The smallest absolute Gasteiger partial charge is 0.149 e. The molecule has 0 atom stereocenters. The quantitative estimate of drug-likeness (QED) is 0.790. The number of hydrogen-bond donors (Lipinski definition) is 1. The molecule has 0 saturated carbocycles. The predicted octanol–water partition coefficient (Wildman–Crippen LogP) is 2.44. The van der Waals surface area contributed by atoms with Crippen LogP contribution in [-0.2, 0) is 0 Å². The van der Waals surface area contributed by atoms with Crippen molar-refractivity contribution in [3.63, 3.8) is 0 Å². The zero-order valence-corrected chi connectivity index (χ0v) is 9.26. The summed E-state index contributed by atoms with van der Waals surface area (Å²) in [5.74, 6) is -0.349. The van der Waals surface area contributed by atoms with Crippen LogP contribution < -0.4 is 5.73 Å². The summed E-state index contributed by atoms with van der Waals surface area (Å²) in [5.41, 5.74) is 6.28. The standard InChI is InChI=1S/C9H8FN3.2ClH/c10-8-5-7(11)1-2-9(8)13-4-3-12-6-13;;/h1-6H,11H2;2*1H. The molecular formula is C9H10Cl2FN3. The molecule has 2 N–H and O–H groups in total. The minimum Gasteiger partial charge on any atom is -0.399 e. The van der Waals surface area contributed by atoms with E-state index >= 15 is 0 Å². The molecule has 2 rings (SSSR count). The van der Waals surface area contributed by atoms with Crippen molar-refractivity contribution in [3.8, 4) is 5.69 Å². The van der Waals surface area contributed by atoms with Gasteiger partial charge in [-0.15, -0.1) is 24.8 Å². The van der Waals surface area contributed by atoms with E-state index in [4.69, 9.17) is 5.73 Å². The largest absolute Gasteiger partial charge is 0.399 e. The summed E-state index contributed by atoms with van der Waals surface area (Å²) >= 11 is 0. The average molecular weight is 250 g/mol. The van der Waals surface area contributed by atoms with Gasteiger partial charge in [0, 0.05) is 18.1 Å². The summed E-state index contributed by atoms with van der Waals surface area (Å²) in [7, 11) is 0. The van der Waals surface area contributed by atoms with E-state index in [-0.39, 0.29) is 30.6 Å². The van der Waals surface area contributed by atoms with Crippen molar-refractivity contribution in [2.75, 3.05) is 5.73 Å². The van der Waals surface area contributed by atoms with Gasteiger partial charge < -0.3 is 10.3 Å². The van der Waals surface area contributed by atoms with Crippen LogP contribution in [0.5, 0.6) is 0 Å². The molecule has 2 aromatic rings. The van der Waals surface area contributed by atoms with Crippen LogP contribution >= 0.6 is 24.8 Å². The van der Waals surface area contributed by atoms with Crippen molar-refractivity contribution >= 4 is 30.5 Å². The highest BCUT2D eigenvalue weighted by molar-refractivity contribution is 5.85. The van der Waals surface area contributed by atoms with Gasteiger partial charge in [0.1, 0.15) is 5.82 Å². The van der Waals surface area contributed by atoms with Crippen molar-refractivity contribution in [3.05, 3.63) is 42.7 Å². The van der Waals surface area contributed by atoms with Gasteiger partial charge in [0.2, 0.25) is 0 Å². The molecule has 0 radical (unpaired) electrons. The Hall–Kier alpha value is -1.26. The highest BCUT2D eigenvalue weighted by Gasteiger charge is 2.02. The summed E-state index contributed by atoms with van der Waals surface area (Å²) in [6.45, 7) is 0. The number of nitrogens with zero attached hydrogens (tertiary/aromatic N) is 2. The fourth-order valence-electron chi connectivity index (χ4n) is 1.13. The Morgan fingerprint density at radius 1 is 1.27 bits per heavy atom. The van der Waals surface area contributed by atoms with Crippen LogP contribution in [0.3, 0.4) is 0 Å². The van der Waals surface area contributed by atoms with Crippen molar-refractivity contribution in [1.82, 2.24) is 9.55 Å². The lowest BCUT2D eigenvalue weighted by atomic mass is 10.2. The minimum absolute atomic E-state index is 0. The number of nitrogen functional groups attached to an aromatic ring is 1. The highest BCUT2D eigenvalue weighted by atomic mass is 35.5. The Morgan fingerprint density at radius 3 is 2.53 bits per heavy atom. The molecule has 0 aliphatic rings. The molecule has 15 heavy (non-hydrogen) atoms. The van der Waals surface area contributed by atoms with E-state index in [9.17, 15) is 4.39 Å². The minimum atomic E-state index is -0.349. The Bertz CT molecular complexity index is 417. The van der Waals surface area contributed by atoms with Crippen LogP contribution in [0.1, 0.15) is 0 Å². The third-order valence-corrected chi connectivity index (χ3v) is 1.75. The van der Waals surface area contributed by atoms with Gasteiger partial charge in [-0.05, 0) is 18.2 Å². The number of nitrogens with two attached hydrogens (primary N) is 1. The SMILES string of the molecule is Cl.Cl.Nc1ccc(-n2ccnc2)c(F)c1. The van der Waals surface area contributed by atoms with E-state index in [1.54, 1.807) is 29.1 Å². The van der Waals surface area contributed by atoms with Crippen LogP contribution in [-0.4, -0.2) is 9.55 Å². The van der Waals surface area contributed by atoms with Gasteiger partial charge in [-0.2, -0.15) is 0 Å². The van der Waals surface area contributed by atoms with E-state index in [1.807, 2.05) is 0 Å². The van der Waals surface area contributed by atoms with Gasteiger partial charge in [0.15, 0.2) is 0 Å². The maximum absolute atomic E-state index is 13.3. The van der Waals surface area contributed by atoms with Gasteiger partial charge in [-0.3, -0.25) is 0 Å². The molecule has 1 aromatic heterocycles. The van der Waals surface area contributed by atoms with Crippen molar-refractivity contribution in [1.29, 1.82) is 0 Å². The molecular weight excluding hydrogens is 240 g/mol. The average Bonchev–Trinajstić information content (AvgIpc) is 2.56. The van der Waals surface area contributed by atoms with Gasteiger partial charge in [-0.25, -0.2) is 9.37 Å². The molecule has 0 aliphatic heterocycles. The third kappa shape index (κ3) is 2.84. The molecule has 0 bridgehead atoms. The van der Waals surface area contributed by atoms with E-state index < -0.39 is 0 Å². The predicted molar refractivity (Wildman–Crippen MR) is 62.4 cm³/mol. The monoisotopic (exact) mass is 249 g/mol. The summed E-state index contributed by atoms with van der Waals surface area (Å²) in [5, 5.41) is 0. The molecule has 6 heteroatoms. The zero-order valence-electron chi connectivity index (χ0n) is 7.63. The molecule has 0 unspecified atom stereocenters. The van der Waals surface area contributed by atoms with Crippen LogP contribution in [0.15, 0.2) is 36.9 Å². The molecule has 0 spiro atoms. The van der Waals surface area contributed by atoms with Crippen molar-refractivity contribution in [2.24, 2.45) is 0 Å². The van der Waals surface area contributed by atoms with Crippen molar-refractivity contribution in [2.45, 2.75) is 0 Å². The molecule has 3 nitrogen and oxygen atoms in total. The van der Waals surface area contributed by atoms with Crippen LogP contribution in [0, 0.1) is 5.82 Å². The normalized spacial score (nSPS) is 8.87. The van der Waals surface area contributed by atoms with Gasteiger partial charge in [0.25, 0.3) is 0 Å². The number of imidazole rings is 1. The lowest BCUT2D eigenvalue weighted by Gasteiger charge is -2.03. The Labute approximate surface area is 98.9 Å². The first kappa shape index (κ1) is 13.7. The Morgan fingerprint density at radius 2 is 2.00 bits per heavy atom. The first-order chi connectivity index (χ1) is 6.27. The van der Waals surface area contributed by atoms with E-state index in [2.05, 4.69) is 4.98 Å². The van der Waals surface area contributed by atoms with Gasteiger partial charge in [-0.1, -0.05) is 0 Å². The molecule has 0 amide bonds. The summed E-state index contributed by atoms with van der Waals surface area (Å²) in [6, 6.07) is 4.56. The van der Waals surface area contributed by atoms with Crippen molar-refractivity contribution < 1.29 is 4.39 Å².